The van der Waals surface area contributed by atoms with Crippen molar-refractivity contribution < 1.29 is 22.0 Å². The van der Waals surface area contributed by atoms with Crippen molar-refractivity contribution >= 4 is 15.7 Å². The number of benzene rings is 1. The molecule has 1 aromatic carbocycles. The molecule has 0 heterocycles. The number of hydrogen-bond donors (Lipinski definition) is 1. The predicted molar refractivity (Wildman–Crippen MR) is 83.6 cm³/mol. The lowest BCUT2D eigenvalue weighted by Gasteiger charge is -2.19. The fourth-order valence-corrected chi connectivity index (χ4v) is 4.70. The molecule has 1 aliphatic rings. The molecule has 1 saturated carbocycles. The molecule has 1 amide bonds. The summed E-state index contributed by atoms with van der Waals surface area (Å²) in [5.74, 6) is -2.51. The van der Waals surface area contributed by atoms with Gasteiger partial charge in [0.2, 0.25) is 5.91 Å². The Bertz CT molecular complexity index is 670. The Hall–Kier alpha value is -1.50. The summed E-state index contributed by atoms with van der Waals surface area (Å²) in [7, 11) is -3.49. The monoisotopic (exact) mass is 345 g/mol. The number of carbonyl (C=O) groups excluding carboxylic acids is 1. The fraction of sp³-hybridized carbons (Fsp3) is 0.562. The Morgan fingerprint density at radius 2 is 1.96 bits per heavy atom. The highest BCUT2D eigenvalue weighted by Gasteiger charge is 2.31. The van der Waals surface area contributed by atoms with E-state index in [0.717, 1.165) is 31.0 Å². The van der Waals surface area contributed by atoms with Crippen molar-refractivity contribution in [3.63, 3.8) is 0 Å². The summed E-state index contributed by atoms with van der Waals surface area (Å²) in [5, 5.41) is 2.05. The van der Waals surface area contributed by atoms with Crippen LogP contribution < -0.4 is 5.32 Å². The molecule has 1 N–H and O–H groups in total. The average molecular weight is 345 g/mol. The fourth-order valence-electron chi connectivity index (χ4n) is 2.97. The molecular formula is C16H21F2NO3S. The van der Waals surface area contributed by atoms with E-state index in [1.165, 1.54) is 0 Å². The van der Waals surface area contributed by atoms with Gasteiger partial charge < -0.3 is 5.32 Å². The third-order valence-corrected chi connectivity index (χ3v) is 6.37. The van der Waals surface area contributed by atoms with Crippen LogP contribution in [-0.2, 0) is 14.6 Å². The molecule has 0 radical (unpaired) electrons. The normalized spacial score (nSPS) is 17.2. The van der Waals surface area contributed by atoms with Crippen molar-refractivity contribution in [2.75, 3.05) is 5.75 Å². The number of amides is 1. The standard InChI is InChI=1S/C16H21F2NO3S/c1-2-15(13-9-11(17)7-8-14(13)18)19-16(20)10-23(21,22)12-5-3-4-6-12/h7-9,12,15H,2-6,10H2,1H3,(H,19,20)/t15-/m0/s1. The van der Waals surface area contributed by atoms with E-state index in [4.69, 9.17) is 0 Å². The van der Waals surface area contributed by atoms with Crippen molar-refractivity contribution in [2.24, 2.45) is 0 Å². The Labute approximate surface area is 135 Å². The van der Waals surface area contributed by atoms with Gasteiger partial charge in [0.15, 0.2) is 9.84 Å². The van der Waals surface area contributed by atoms with Gasteiger partial charge in [0.1, 0.15) is 17.4 Å². The van der Waals surface area contributed by atoms with Gasteiger partial charge in [-0.05, 0) is 37.5 Å². The van der Waals surface area contributed by atoms with E-state index in [1.807, 2.05) is 0 Å². The second kappa shape index (κ2) is 7.38. The van der Waals surface area contributed by atoms with Gasteiger partial charge >= 0.3 is 0 Å². The zero-order valence-electron chi connectivity index (χ0n) is 13.0. The molecule has 4 nitrogen and oxygen atoms in total. The molecule has 1 aromatic rings. The summed E-state index contributed by atoms with van der Waals surface area (Å²) in [6, 6.07) is 2.26. The van der Waals surface area contributed by atoms with Gasteiger partial charge in [-0.15, -0.1) is 0 Å². The number of nitrogens with one attached hydrogen (secondary N) is 1. The van der Waals surface area contributed by atoms with Gasteiger partial charge in [0.25, 0.3) is 0 Å². The van der Waals surface area contributed by atoms with E-state index >= 15 is 0 Å². The summed E-state index contributed by atoms with van der Waals surface area (Å²) < 4.78 is 51.4. The molecule has 1 fully saturated rings. The molecule has 0 aromatic heterocycles. The van der Waals surface area contributed by atoms with E-state index in [1.54, 1.807) is 6.92 Å². The van der Waals surface area contributed by atoms with E-state index in [-0.39, 0.29) is 5.56 Å². The summed E-state index contributed by atoms with van der Waals surface area (Å²) in [6.07, 6.45) is 3.22. The van der Waals surface area contributed by atoms with Gasteiger partial charge in [-0.2, -0.15) is 0 Å². The first-order chi connectivity index (χ1) is 10.8. The minimum Gasteiger partial charge on any atom is -0.348 e. The maximum absolute atomic E-state index is 13.8. The zero-order chi connectivity index (χ0) is 17.0. The van der Waals surface area contributed by atoms with Gasteiger partial charge in [-0.3, -0.25) is 4.79 Å². The summed E-state index contributed by atoms with van der Waals surface area (Å²) in [6.45, 7) is 1.71. The van der Waals surface area contributed by atoms with Crippen molar-refractivity contribution in [1.29, 1.82) is 0 Å². The molecule has 0 bridgehead atoms. The van der Waals surface area contributed by atoms with Crippen LogP contribution in [0.5, 0.6) is 0 Å². The van der Waals surface area contributed by atoms with Gasteiger partial charge in [-0.25, -0.2) is 17.2 Å². The molecular weight excluding hydrogens is 324 g/mol. The van der Waals surface area contributed by atoms with E-state index in [2.05, 4.69) is 5.32 Å². The lowest BCUT2D eigenvalue weighted by atomic mass is 10.0. The Kier molecular flexibility index (Phi) is 5.73. The van der Waals surface area contributed by atoms with Crippen LogP contribution in [0.1, 0.15) is 50.6 Å². The third-order valence-electron chi connectivity index (χ3n) is 4.22. The minimum absolute atomic E-state index is 0.0270. The van der Waals surface area contributed by atoms with Crippen LogP contribution in [0.4, 0.5) is 8.78 Å². The molecule has 7 heteroatoms. The lowest BCUT2D eigenvalue weighted by molar-refractivity contribution is -0.119. The zero-order valence-corrected chi connectivity index (χ0v) is 13.8. The molecule has 1 aliphatic carbocycles. The van der Waals surface area contributed by atoms with Crippen LogP contribution in [0, 0.1) is 11.6 Å². The maximum atomic E-state index is 13.8. The van der Waals surface area contributed by atoms with Gasteiger partial charge in [0.05, 0.1) is 11.3 Å². The molecule has 2 rings (SSSR count). The molecule has 0 aliphatic heterocycles. The van der Waals surface area contributed by atoms with Crippen LogP contribution in [0.25, 0.3) is 0 Å². The Balaban J connectivity index is 2.06. The van der Waals surface area contributed by atoms with Gasteiger partial charge in [-0.1, -0.05) is 19.8 Å². The third kappa shape index (κ3) is 4.50. The number of rotatable bonds is 6. The number of halogens is 2. The Morgan fingerprint density at radius 1 is 1.30 bits per heavy atom. The summed E-state index contributed by atoms with van der Waals surface area (Å²) in [4.78, 5) is 12.0. The van der Waals surface area contributed by atoms with Crippen LogP contribution >= 0.6 is 0 Å². The largest absolute Gasteiger partial charge is 0.348 e. The highest BCUT2D eigenvalue weighted by molar-refractivity contribution is 7.92. The smallest absolute Gasteiger partial charge is 0.235 e. The quantitative estimate of drug-likeness (QED) is 0.862. The van der Waals surface area contributed by atoms with Crippen LogP contribution in [0.2, 0.25) is 0 Å². The van der Waals surface area contributed by atoms with E-state index < -0.39 is 44.4 Å². The van der Waals surface area contributed by atoms with Crippen molar-refractivity contribution in [3.8, 4) is 0 Å². The van der Waals surface area contributed by atoms with Crippen molar-refractivity contribution in [2.45, 2.75) is 50.3 Å². The van der Waals surface area contributed by atoms with E-state index in [9.17, 15) is 22.0 Å². The number of hydrogen-bond acceptors (Lipinski definition) is 3. The first-order valence-corrected chi connectivity index (χ1v) is 9.51. The minimum atomic E-state index is -3.49. The van der Waals surface area contributed by atoms with E-state index in [0.29, 0.717) is 19.3 Å². The highest BCUT2D eigenvalue weighted by Crippen LogP contribution is 2.26. The van der Waals surface area contributed by atoms with Crippen molar-refractivity contribution in [1.82, 2.24) is 5.32 Å². The number of sulfone groups is 1. The van der Waals surface area contributed by atoms with Crippen LogP contribution in [0.3, 0.4) is 0 Å². The summed E-state index contributed by atoms with van der Waals surface area (Å²) in [5.41, 5.74) is 0.0270. The first-order valence-electron chi connectivity index (χ1n) is 7.79. The van der Waals surface area contributed by atoms with Crippen molar-refractivity contribution in [3.05, 3.63) is 35.4 Å². The topological polar surface area (TPSA) is 63.2 Å². The SMILES string of the molecule is CC[C@H](NC(=O)CS(=O)(=O)C1CCCC1)c1cc(F)ccc1F. The van der Waals surface area contributed by atoms with Gasteiger partial charge in [0, 0.05) is 5.56 Å². The maximum Gasteiger partial charge on any atom is 0.235 e. The van der Waals surface area contributed by atoms with Crippen LogP contribution in [-0.4, -0.2) is 25.3 Å². The lowest BCUT2D eigenvalue weighted by Crippen LogP contribution is -2.36. The second-order valence-corrected chi connectivity index (χ2v) is 8.19. The predicted octanol–water partition coefficient (Wildman–Crippen LogP) is 2.89. The summed E-state index contributed by atoms with van der Waals surface area (Å²) >= 11 is 0. The molecule has 23 heavy (non-hydrogen) atoms. The molecule has 128 valence electrons. The molecule has 0 saturated heterocycles. The Morgan fingerprint density at radius 3 is 2.57 bits per heavy atom. The molecule has 0 spiro atoms. The van der Waals surface area contributed by atoms with Crippen LogP contribution in [0.15, 0.2) is 18.2 Å². The second-order valence-electron chi connectivity index (χ2n) is 5.91. The highest BCUT2D eigenvalue weighted by atomic mass is 32.2. The molecule has 1 atom stereocenters. The molecule has 0 unspecified atom stereocenters. The average Bonchev–Trinajstić information content (AvgIpc) is 3.02. The first kappa shape index (κ1) is 17.8. The number of carbonyl (C=O) groups is 1.